The van der Waals surface area contributed by atoms with Crippen molar-refractivity contribution in [3.05, 3.63) is 0 Å². The quantitative estimate of drug-likeness (QED) is 0.571. The molecule has 16 heavy (non-hydrogen) atoms. The number of nitrogens with zero attached hydrogens (tertiary/aromatic N) is 1. The van der Waals surface area contributed by atoms with E-state index in [1.165, 1.54) is 19.3 Å². The van der Waals surface area contributed by atoms with Gasteiger partial charge in [-0.15, -0.1) is 12.3 Å². The maximum absolute atomic E-state index is 10.2. The Labute approximate surface area is 100 Å². The van der Waals surface area contributed by atoms with E-state index in [1.54, 1.807) is 0 Å². The van der Waals surface area contributed by atoms with Crippen LogP contribution in [-0.4, -0.2) is 34.7 Å². The average Bonchev–Trinajstić information content (AvgIpc) is 2.30. The molecule has 1 N–H and O–H groups in total. The molecule has 0 aromatic rings. The van der Waals surface area contributed by atoms with Crippen molar-refractivity contribution in [3.63, 3.8) is 0 Å². The van der Waals surface area contributed by atoms with Crippen LogP contribution in [0, 0.1) is 12.3 Å². The van der Waals surface area contributed by atoms with Gasteiger partial charge in [0.2, 0.25) is 0 Å². The molecule has 1 rings (SSSR count). The highest BCUT2D eigenvalue weighted by atomic mass is 16.3. The second kappa shape index (κ2) is 6.27. The van der Waals surface area contributed by atoms with Crippen molar-refractivity contribution in [2.45, 2.75) is 64.0 Å². The Hall–Kier alpha value is -0.520. The zero-order valence-electron chi connectivity index (χ0n) is 10.7. The smallest absolute Gasteiger partial charge is 0.0718 e. The third kappa shape index (κ3) is 3.50. The Morgan fingerprint density at radius 3 is 2.50 bits per heavy atom. The van der Waals surface area contributed by atoms with Gasteiger partial charge in [0, 0.05) is 12.0 Å². The van der Waals surface area contributed by atoms with Crippen molar-refractivity contribution in [3.8, 4) is 12.3 Å². The first-order valence-corrected chi connectivity index (χ1v) is 6.45. The molecule has 1 heterocycles. The minimum Gasteiger partial charge on any atom is -0.391 e. The summed E-state index contributed by atoms with van der Waals surface area (Å²) in [6.45, 7) is 6.55. The lowest BCUT2D eigenvalue weighted by atomic mass is 9.89. The molecule has 0 aromatic heterocycles. The normalized spacial score (nSPS) is 20.4. The van der Waals surface area contributed by atoms with Crippen molar-refractivity contribution in [2.24, 2.45) is 0 Å². The van der Waals surface area contributed by atoms with Crippen LogP contribution in [0.4, 0.5) is 0 Å². The summed E-state index contributed by atoms with van der Waals surface area (Å²) in [5.41, 5.74) is -0.102. The Kier molecular flexibility index (Phi) is 5.31. The third-order valence-electron chi connectivity index (χ3n) is 3.79. The molecule has 0 amide bonds. The van der Waals surface area contributed by atoms with Gasteiger partial charge in [0.1, 0.15) is 0 Å². The molecule has 0 bridgehead atoms. The van der Waals surface area contributed by atoms with Crippen LogP contribution in [0.15, 0.2) is 0 Å². The van der Waals surface area contributed by atoms with Gasteiger partial charge in [-0.1, -0.05) is 6.42 Å². The van der Waals surface area contributed by atoms with Crippen LogP contribution in [0.2, 0.25) is 0 Å². The lowest BCUT2D eigenvalue weighted by Crippen LogP contribution is -2.54. The zero-order valence-corrected chi connectivity index (χ0v) is 10.7. The van der Waals surface area contributed by atoms with Crippen LogP contribution >= 0.6 is 0 Å². The largest absolute Gasteiger partial charge is 0.391 e. The predicted octanol–water partition coefficient (Wildman–Crippen LogP) is 2.42. The number of hydrogen-bond acceptors (Lipinski definition) is 2. The minimum absolute atomic E-state index is 0.102. The van der Waals surface area contributed by atoms with Crippen LogP contribution in [-0.2, 0) is 0 Å². The molecular weight excluding hydrogens is 198 g/mol. The van der Waals surface area contributed by atoms with Gasteiger partial charge in [-0.2, -0.15) is 0 Å². The fourth-order valence-corrected chi connectivity index (χ4v) is 2.43. The molecule has 0 aliphatic carbocycles. The number of aliphatic hydroxyl groups excluding tert-OH is 1. The standard InChI is InChI=1S/C14H25NO/c1-4-5-7-10-13(16)14(2,3)15-11-8-6-9-12-15/h1,13,16H,5-12H2,2-3H3. The van der Waals surface area contributed by atoms with Gasteiger partial charge in [0.25, 0.3) is 0 Å². The van der Waals surface area contributed by atoms with Crippen molar-refractivity contribution in [2.75, 3.05) is 13.1 Å². The molecule has 1 saturated heterocycles. The molecule has 92 valence electrons. The van der Waals surface area contributed by atoms with E-state index < -0.39 is 0 Å². The summed E-state index contributed by atoms with van der Waals surface area (Å²) in [7, 11) is 0. The number of aliphatic hydroxyl groups is 1. The van der Waals surface area contributed by atoms with Gasteiger partial charge < -0.3 is 5.11 Å². The van der Waals surface area contributed by atoms with Gasteiger partial charge in [0.15, 0.2) is 0 Å². The number of unbranched alkanes of at least 4 members (excludes halogenated alkanes) is 1. The number of likely N-dealkylation sites (tertiary alicyclic amines) is 1. The zero-order chi connectivity index (χ0) is 12.0. The number of piperidine rings is 1. The average molecular weight is 223 g/mol. The van der Waals surface area contributed by atoms with E-state index >= 15 is 0 Å². The van der Waals surface area contributed by atoms with Gasteiger partial charge in [-0.25, -0.2) is 0 Å². The Morgan fingerprint density at radius 1 is 1.31 bits per heavy atom. The van der Waals surface area contributed by atoms with Crippen LogP contribution in [0.25, 0.3) is 0 Å². The molecule has 0 radical (unpaired) electrons. The number of hydrogen-bond donors (Lipinski definition) is 1. The summed E-state index contributed by atoms with van der Waals surface area (Å²) in [6, 6.07) is 0. The summed E-state index contributed by atoms with van der Waals surface area (Å²) in [6.07, 6.45) is 11.3. The van der Waals surface area contributed by atoms with E-state index in [4.69, 9.17) is 6.42 Å². The fraction of sp³-hybridized carbons (Fsp3) is 0.857. The maximum Gasteiger partial charge on any atom is 0.0718 e. The molecule has 2 nitrogen and oxygen atoms in total. The molecule has 1 unspecified atom stereocenters. The summed E-state index contributed by atoms with van der Waals surface area (Å²) in [4.78, 5) is 2.43. The van der Waals surface area contributed by atoms with Gasteiger partial charge in [0.05, 0.1) is 6.10 Å². The van der Waals surface area contributed by atoms with Crippen molar-refractivity contribution >= 4 is 0 Å². The molecule has 1 aliphatic rings. The van der Waals surface area contributed by atoms with E-state index in [2.05, 4.69) is 24.7 Å². The predicted molar refractivity (Wildman–Crippen MR) is 68.2 cm³/mol. The highest BCUT2D eigenvalue weighted by molar-refractivity contribution is 4.91. The first kappa shape index (κ1) is 13.5. The third-order valence-corrected chi connectivity index (χ3v) is 3.79. The maximum atomic E-state index is 10.2. The highest BCUT2D eigenvalue weighted by Crippen LogP contribution is 2.26. The summed E-state index contributed by atoms with van der Waals surface area (Å²) < 4.78 is 0. The molecule has 1 fully saturated rings. The first-order valence-electron chi connectivity index (χ1n) is 6.45. The van der Waals surface area contributed by atoms with Crippen LogP contribution in [0.3, 0.4) is 0 Å². The molecule has 2 heteroatoms. The summed E-state index contributed by atoms with van der Waals surface area (Å²) in [5.74, 6) is 2.63. The van der Waals surface area contributed by atoms with Gasteiger partial charge >= 0.3 is 0 Å². The van der Waals surface area contributed by atoms with E-state index in [0.29, 0.717) is 0 Å². The minimum atomic E-state index is -0.265. The fourth-order valence-electron chi connectivity index (χ4n) is 2.43. The second-order valence-corrected chi connectivity index (χ2v) is 5.31. The van der Waals surface area contributed by atoms with Crippen molar-refractivity contribution < 1.29 is 5.11 Å². The van der Waals surface area contributed by atoms with Crippen LogP contribution < -0.4 is 0 Å². The molecule has 1 atom stereocenters. The summed E-state index contributed by atoms with van der Waals surface area (Å²) in [5, 5.41) is 10.2. The molecule has 0 aromatic carbocycles. The second-order valence-electron chi connectivity index (χ2n) is 5.31. The van der Waals surface area contributed by atoms with Gasteiger partial charge in [-0.05, 0) is 52.6 Å². The molecule has 0 saturated carbocycles. The Morgan fingerprint density at radius 2 is 1.94 bits per heavy atom. The molecule has 1 aliphatic heterocycles. The number of rotatable bonds is 5. The summed E-state index contributed by atoms with van der Waals surface area (Å²) >= 11 is 0. The highest BCUT2D eigenvalue weighted by Gasteiger charge is 2.34. The molecule has 0 spiro atoms. The van der Waals surface area contributed by atoms with Crippen LogP contribution in [0.1, 0.15) is 52.4 Å². The van der Waals surface area contributed by atoms with E-state index in [1.807, 2.05) is 0 Å². The topological polar surface area (TPSA) is 23.5 Å². The lowest BCUT2D eigenvalue weighted by Gasteiger charge is -2.44. The Bertz CT molecular complexity index is 236. The molecular formula is C14H25NO. The van der Waals surface area contributed by atoms with E-state index in [0.717, 1.165) is 32.4 Å². The van der Waals surface area contributed by atoms with Crippen LogP contribution in [0.5, 0.6) is 0 Å². The van der Waals surface area contributed by atoms with Crippen molar-refractivity contribution in [1.29, 1.82) is 0 Å². The SMILES string of the molecule is C#CCCCC(O)C(C)(C)N1CCCCC1. The van der Waals surface area contributed by atoms with E-state index in [-0.39, 0.29) is 11.6 Å². The number of terminal acetylenes is 1. The monoisotopic (exact) mass is 223 g/mol. The van der Waals surface area contributed by atoms with E-state index in [9.17, 15) is 5.11 Å². The lowest BCUT2D eigenvalue weighted by molar-refractivity contribution is -0.0237. The first-order chi connectivity index (χ1) is 7.59. The van der Waals surface area contributed by atoms with Crippen molar-refractivity contribution in [1.82, 2.24) is 4.90 Å². The van der Waals surface area contributed by atoms with Gasteiger partial charge in [-0.3, -0.25) is 4.90 Å². The Balaban J connectivity index is 2.43.